The summed E-state index contributed by atoms with van der Waals surface area (Å²) in [5, 5.41) is 17.2. The second kappa shape index (κ2) is 8.76. The average Bonchev–Trinajstić information content (AvgIpc) is 3.21. The number of carbonyl (C=O) groups excluding carboxylic acids is 1. The third-order valence-corrected chi connectivity index (χ3v) is 4.48. The van der Waals surface area contributed by atoms with E-state index >= 15 is 0 Å². The smallest absolute Gasteiger partial charge is 0.261 e. The van der Waals surface area contributed by atoms with Gasteiger partial charge in [-0.05, 0) is 30.3 Å². The number of rotatable bonds is 6. The summed E-state index contributed by atoms with van der Waals surface area (Å²) in [6.45, 7) is 0. The number of pyridine rings is 1. The number of halogens is 2. The van der Waals surface area contributed by atoms with Gasteiger partial charge >= 0.3 is 0 Å². The van der Waals surface area contributed by atoms with Crippen molar-refractivity contribution in [2.45, 2.75) is 0 Å². The molecule has 0 saturated carbocycles. The fourth-order valence-electron chi connectivity index (χ4n) is 2.95. The van der Waals surface area contributed by atoms with E-state index in [1.54, 1.807) is 24.3 Å². The minimum Gasteiger partial charge on any atom is -0.494 e. The van der Waals surface area contributed by atoms with Crippen LogP contribution >= 0.6 is 0 Å². The van der Waals surface area contributed by atoms with Gasteiger partial charge in [-0.2, -0.15) is 0 Å². The lowest BCUT2D eigenvalue weighted by molar-refractivity contribution is 0.101. The molecule has 0 fully saturated rings. The van der Waals surface area contributed by atoms with Crippen molar-refractivity contribution >= 4 is 34.0 Å². The molecule has 11 heteroatoms. The number of para-hydroxylation sites is 1. The SMILES string of the molecule is COc1ccccc1N=Nc1ccc(F)c(C(=O)Nc2cnc3[nH]nc(OC)c3c2)c1F. The van der Waals surface area contributed by atoms with Crippen LogP contribution in [0.1, 0.15) is 10.4 Å². The highest BCUT2D eigenvalue weighted by molar-refractivity contribution is 6.05. The monoisotopic (exact) mass is 438 g/mol. The number of carbonyl (C=O) groups is 1. The van der Waals surface area contributed by atoms with Gasteiger partial charge in [0.25, 0.3) is 5.91 Å². The summed E-state index contributed by atoms with van der Waals surface area (Å²) < 4.78 is 39.6. The molecule has 0 atom stereocenters. The second-order valence-electron chi connectivity index (χ2n) is 6.43. The molecule has 0 spiro atoms. The molecule has 0 aliphatic rings. The number of methoxy groups -OCH3 is 2. The van der Waals surface area contributed by atoms with Crippen molar-refractivity contribution in [1.82, 2.24) is 15.2 Å². The van der Waals surface area contributed by atoms with Crippen LogP contribution in [-0.4, -0.2) is 35.3 Å². The Labute approximate surface area is 180 Å². The average molecular weight is 438 g/mol. The van der Waals surface area contributed by atoms with Crippen molar-refractivity contribution in [3.05, 3.63) is 65.9 Å². The number of hydrogen-bond donors (Lipinski definition) is 2. The lowest BCUT2D eigenvalue weighted by atomic mass is 10.1. The minimum absolute atomic E-state index is 0.196. The molecule has 2 aromatic carbocycles. The first kappa shape index (κ1) is 20.8. The number of ether oxygens (including phenoxy) is 2. The van der Waals surface area contributed by atoms with Crippen LogP contribution < -0.4 is 14.8 Å². The van der Waals surface area contributed by atoms with Gasteiger partial charge in [-0.1, -0.05) is 12.1 Å². The number of nitrogens with zero attached hydrogens (tertiary/aromatic N) is 4. The molecular weight excluding hydrogens is 422 g/mol. The Morgan fingerprint density at radius 3 is 2.62 bits per heavy atom. The number of aromatic amines is 1. The number of hydrogen-bond acceptors (Lipinski definition) is 7. The van der Waals surface area contributed by atoms with Crippen molar-refractivity contribution in [3.8, 4) is 11.6 Å². The van der Waals surface area contributed by atoms with Crippen LogP contribution in [-0.2, 0) is 0 Å². The molecule has 162 valence electrons. The van der Waals surface area contributed by atoms with Gasteiger partial charge in [0.15, 0.2) is 11.5 Å². The molecule has 0 saturated heterocycles. The summed E-state index contributed by atoms with van der Waals surface area (Å²) in [6, 6.07) is 10.3. The summed E-state index contributed by atoms with van der Waals surface area (Å²) in [7, 11) is 2.89. The first-order valence-corrected chi connectivity index (χ1v) is 9.24. The number of azo groups is 1. The van der Waals surface area contributed by atoms with E-state index in [2.05, 4.69) is 30.7 Å². The largest absolute Gasteiger partial charge is 0.494 e. The van der Waals surface area contributed by atoms with Gasteiger partial charge < -0.3 is 14.8 Å². The van der Waals surface area contributed by atoms with Gasteiger partial charge in [0.1, 0.15) is 28.5 Å². The maximum atomic E-state index is 15.0. The van der Waals surface area contributed by atoms with E-state index in [-0.39, 0.29) is 17.3 Å². The molecule has 0 unspecified atom stereocenters. The standard InChI is InChI=1S/C21H16F2N6O3/c1-31-16-6-4-3-5-14(16)26-27-15-8-7-13(22)17(18(15)23)20(30)25-11-9-12-19(24-10-11)28-29-21(12)32-2/h3-10H,1-2H3,(H,25,30)(H,24,28,29). The molecule has 0 bridgehead atoms. The molecular formula is C21H16F2N6O3. The molecule has 4 aromatic rings. The zero-order valence-corrected chi connectivity index (χ0v) is 16.9. The number of anilines is 1. The zero-order valence-electron chi connectivity index (χ0n) is 16.9. The van der Waals surface area contributed by atoms with E-state index in [0.29, 0.717) is 22.5 Å². The fourth-order valence-corrected chi connectivity index (χ4v) is 2.95. The molecule has 0 radical (unpaired) electrons. The molecule has 0 aliphatic carbocycles. The maximum Gasteiger partial charge on any atom is 0.261 e. The Balaban J connectivity index is 1.63. The Kier molecular flexibility index (Phi) is 5.71. The highest BCUT2D eigenvalue weighted by atomic mass is 19.1. The third kappa shape index (κ3) is 3.95. The number of nitrogens with one attached hydrogen (secondary N) is 2. The number of benzene rings is 2. The summed E-state index contributed by atoms with van der Waals surface area (Å²) in [5.74, 6) is -2.53. The number of fused-ring (bicyclic) bond motifs is 1. The van der Waals surface area contributed by atoms with Gasteiger partial charge in [0.2, 0.25) is 5.88 Å². The van der Waals surface area contributed by atoms with Crippen LogP contribution in [0, 0.1) is 11.6 Å². The van der Waals surface area contributed by atoms with Crippen molar-refractivity contribution < 1.29 is 23.0 Å². The van der Waals surface area contributed by atoms with Crippen molar-refractivity contribution in [1.29, 1.82) is 0 Å². The van der Waals surface area contributed by atoms with Gasteiger partial charge in [0.05, 0.1) is 31.5 Å². The Morgan fingerprint density at radius 1 is 1.06 bits per heavy atom. The van der Waals surface area contributed by atoms with Crippen LogP contribution in [0.4, 0.5) is 25.8 Å². The second-order valence-corrected chi connectivity index (χ2v) is 6.43. The topological polar surface area (TPSA) is 114 Å². The number of aromatic nitrogens is 3. The van der Waals surface area contributed by atoms with Crippen LogP contribution in [0.15, 0.2) is 58.9 Å². The summed E-state index contributed by atoms with van der Waals surface area (Å²) in [5.41, 5.74) is -0.149. The van der Waals surface area contributed by atoms with E-state index in [0.717, 1.165) is 12.1 Å². The number of amides is 1. The quantitative estimate of drug-likeness (QED) is 0.415. The van der Waals surface area contributed by atoms with Crippen LogP contribution in [0.25, 0.3) is 11.0 Å². The Morgan fingerprint density at radius 2 is 1.84 bits per heavy atom. The van der Waals surface area contributed by atoms with Gasteiger partial charge in [0, 0.05) is 0 Å². The predicted molar refractivity (Wildman–Crippen MR) is 112 cm³/mol. The first-order valence-electron chi connectivity index (χ1n) is 9.24. The summed E-state index contributed by atoms with van der Waals surface area (Å²) in [4.78, 5) is 16.7. The summed E-state index contributed by atoms with van der Waals surface area (Å²) >= 11 is 0. The third-order valence-electron chi connectivity index (χ3n) is 4.48. The van der Waals surface area contributed by atoms with E-state index in [4.69, 9.17) is 9.47 Å². The van der Waals surface area contributed by atoms with Gasteiger partial charge in [-0.3, -0.25) is 9.89 Å². The molecule has 1 amide bonds. The minimum atomic E-state index is -1.16. The van der Waals surface area contributed by atoms with Crippen molar-refractivity contribution in [2.24, 2.45) is 10.2 Å². The van der Waals surface area contributed by atoms with Crippen LogP contribution in [0.2, 0.25) is 0 Å². The maximum absolute atomic E-state index is 15.0. The molecule has 32 heavy (non-hydrogen) atoms. The first-order chi connectivity index (χ1) is 15.5. The summed E-state index contributed by atoms with van der Waals surface area (Å²) in [6.07, 6.45) is 1.32. The lowest BCUT2D eigenvalue weighted by Crippen LogP contribution is -2.16. The van der Waals surface area contributed by atoms with Crippen molar-refractivity contribution in [2.75, 3.05) is 19.5 Å². The highest BCUT2D eigenvalue weighted by Gasteiger charge is 2.21. The van der Waals surface area contributed by atoms with Crippen molar-refractivity contribution in [3.63, 3.8) is 0 Å². The van der Waals surface area contributed by atoms with E-state index < -0.39 is 23.1 Å². The van der Waals surface area contributed by atoms with Crippen LogP contribution in [0.3, 0.4) is 0 Å². The molecule has 4 rings (SSSR count). The Hall–Kier alpha value is -4.41. The molecule has 2 N–H and O–H groups in total. The Bertz CT molecular complexity index is 1340. The molecule has 0 aliphatic heterocycles. The molecule has 2 aromatic heterocycles. The molecule has 2 heterocycles. The van der Waals surface area contributed by atoms with Crippen LogP contribution in [0.5, 0.6) is 11.6 Å². The van der Waals surface area contributed by atoms with Gasteiger partial charge in [-0.15, -0.1) is 15.3 Å². The van der Waals surface area contributed by atoms with E-state index in [1.807, 2.05) is 0 Å². The van der Waals surface area contributed by atoms with E-state index in [1.165, 1.54) is 26.5 Å². The fraction of sp³-hybridized carbons (Fsp3) is 0.0952. The number of H-pyrrole nitrogens is 1. The highest BCUT2D eigenvalue weighted by Crippen LogP contribution is 2.31. The predicted octanol–water partition coefficient (Wildman–Crippen LogP) is 4.92. The zero-order chi connectivity index (χ0) is 22.7. The van der Waals surface area contributed by atoms with Gasteiger partial charge in [-0.25, -0.2) is 13.8 Å². The van der Waals surface area contributed by atoms with E-state index in [9.17, 15) is 13.6 Å². The normalized spacial score (nSPS) is 11.1. The molecule has 9 nitrogen and oxygen atoms in total. The lowest BCUT2D eigenvalue weighted by Gasteiger charge is -2.08.